The molecule has 0 atom stereocenters. The van der Waals surface area contributed by atoms with E-state index in [-0.39, 0.29) is 0 Å². The number of guanidine groups is 1. The highest BCUT2D eigenvalue weighted by molar-refractivity contribution is 5.93. The fourth-order valence-corrected chi connectivity index (χ4v) is 2.41. The quantitative estimate of drug-likeness (QED) is 0.635. The van der Waals surface area contributed by atoms with Crippen LogP contribution in [0.5, 0.6) is 0 Å². The molecule has 0 amide bonds. The molecule has 3 N–H and O–H groups in total. The van der Waals surface area contributed by atoms with Gasteiger partial charge in [0.15, 0.2) is 5.96 Å². The van der Waals surface area contributed by atoms with Crippen molar-refractivity contribution in [1.29, 1.82) is 0 Å². The average molecular weight is 296 g/mol. The first kappa shape index (κ1) is 16.0. The number of aryl methyl sites for hydroxylation is 2. The second kappa shape index (κ2) is 8.17. The standard InChI is InChI=1S/C18H24N4/c1-3-14-8-7-9-15(4-2)17(14)22-18(19)21-13-11-16-10-5-6-12-20-16/h5-10,12H,3-4,11,13H2,1-2H3,(H3,19,21,22). The zero-order valence-electron chi connectivity index (χ0n) is 13.3. The topological polar surface area (TPSA) is 63.3 Å². The number of nitrogens with one attached hydrogen (secondary N) is 1. The van der Waals surface area contributed by atoms with Gasteiger partial charge in [-0.25, -0.2) is 0 Å². The molecule has 0 aliphatic rings. The number of nitrogens with zero attached hydrogens (tertiary/aromatic N) is 2. The summed E-state index contributed by atoms with van der Waals surface area (Å²) in [6.07, 6.45) is 4.53. The van der Waals surface area contributed by atoms with Gasteiger partial charge in [-0.15, -0.1) is 0 Å². The van der Waals surface area contributed by atoms with Crippen LogP contribution >= 0.6 is 0 Å². The summed E-state index contributed by atoms with van der Waals surface area (Å²) in [5.41, 5.74) is 10.7. The summed E-state index contributed by atoms with van der Waals surface area (Å²) >= 11 is 0. The van der Waals surface area contributed by atoms with Crippen LogP contribution in [0.4, 0.5) is 5.69 Å². The summed E-state index contributed by atoms with van der Waals surface area (Å²) in [5, 5.41) is 3.27. The summed E-state index contributed by atoms with van der Waals surface area (Å²) in [6.45, 7) is 4.92. The number of benzene rings is 1. The lowest BCUT2D eigenvalue weighted by atomic mass is 10.0. The lowest BCUT2D eigenvalue weighted by Crippen LogP contribution is -2.24. The molecule has 0 aliphatic heterocycles. The maximum absolute atomic E-state index is 6.04. The molecule has 4 heteroatoms. The molecule has 0 spiro atoms. The maximum Gasteiger partial charge on any atom is 0.193 e. The first-order valence-corrected chi connectivity index (χ1v) is 7.82. The lowest BCUT2D eigenvalue weighted by Gasteiger charge is -2.14. The van der Waals surface area contributed by atoms with E-state index < -0.39 is 0 Å². The maximum atomic E-state index is 6.04. The highest BCUT2D eigenvalue weighted by Crippen LogP contribution is 2.22. The van der Waals surface area contributed by atoms with E-state index in [9.17, 15) is 0 Å². The van der Waals surface area contributed by atoms with Crippen LogP contribution < -0.4 is 11.1 Å². The Hall–Kier alpha value is -2.36. The lowest BCUT2D eigenvalue weighted by molar-refractivity contribution is 0.920. The molecule has 1 aromatic carbocycles. The Morgan fingerprint density at radius 3 is 2.41 bits per heavy atom. The molecule has 0 bridgehead atoms. The number of para-hydroxylation sites is 1. The van der Waals surface area contributed by atoms with E-state index in [0.29, 0.717) is 12.5 Å². The number of anilines is 1. The highest BCUT2D eigenvalue weighted by Gasteiger charge is 2.06. The largest absolute Gasteiger partial charge is 0.370 e. The molecule has 116 valence electrons. The Kier molecular flexibility index (Phi) is 5.95. The third kappa shape index (κ3) is 4.32. The summed E-state index contributed by atoms with van der Waals surface area (Å²) in [4.78, 5) is 8.69. The van der Waals surface area contributed by atoms with Gasteiger partial charge in [0.1, 0.15) is 0 Å². The van der Waals surface area contributed by atoms with Crippen LogP contribution in [0.25, 0.3) is 0 Å². The van der Waals surface area contributed by atoms with E-state index in [1.807, 2.05) is 18.2 Å². The van der Waals surface area contributed by atoms with Gasteiger partial charge in [-0.2, -0.15) is 0 Å². The number of hydrogen-bond donors (Lipinski definition) is 2. The second-order valence-corrected chi connectivity index (χ2v) is 5.12. The predicted octanol–water partition coefficient (Wildman–Crippen LogP) is 3.18. The van der Waals surface area contributed by atoms with E-state index in [1.165, 1.54) is 11.1 Å². The molecule has 2 aromatic rings. The molecule has 22 heavy (non-hydrogen) atoms. The van der Waals surface area contributed by atoms with E-state index in [4.69, 9.17) is 5.73 Å². The van der Waals surface area contributed by atoms with Crippen LogP contribution in [0, 0.1) is 0 Å². The van der Waals surface area contributed by atoms with Crippen LogP contribution in [-0.2, 0) is 19.3 Å². The van der Waals surface area contributed by atoms with E-state index in [0.717, 1.165) is 30.6 Å². The molecule has 1 aromatic heterocycles. The van der Waals surface area contributed by atoms with Crippen LogP contribution in [0.3, 0.4) is 0 Å². The van der Waals surface area contributed by atoms with Gasteiger partial charge < -0.3 is 11.1 Å². The Morgan fingerprint density at radius 1 is 1.09 bits per heavy atom. The summed E-state index contributed by atoms with van der Waals surface area (Å²) in [6, 6.07) is 12.2. The number of hydrogen-bond acceptors (Lipinski definition) is 2. The highest BCUT2D eigenvalue weighted by atomic mass is 15.1. The van der Waals surface area contributed by atoms with Crippen molar-refractivity contribution in [3.8, 4) is 0 Å². The zero-order valence-corrected chi connectivity index (χ0v) is 13.3. The number of aliphatic imine (C=N–C) groups is 1. The van der Waals surface area contributed by atoms with Gasteiger partial charge in [0, 0.05) is 30.5 Å². The van der Waals surface area contributed by atoms with Gasteiger partial charge in [0.2, 0.25) is 0 Å². The fourth-order valence-electron chi connectivity index (χ4n) is 2.41. The minimum Gasteiger partial charge on any atom is -0.370 e. The molecule has 0 fully saturated rings. The van der Waals surface area contributed by atoms with Crippen molar-refractivity contribution in [2.45, 2.75) is 33.1 Å². The van der Waals surface area contributed by atoms with Crippen LogP contribution in [0.1, 0.15) is 30.7 Å². The molecule has 0 aliphatic carbocycles. The minimum absolute atomic E-state index is 0.464. The third-order valence-corrected chi connectivity index (χ3v) is 3.63. The monoisotopic (exact) mass is 296 g/mol. The summed E-state index contributed by atoms with van der Waals surface area (Å²) < 4.78 is 0. The number of rotatable bonds is 6. The van der Waals surface area contributed by atoms with Gasteiger partial charge in [-0.1, -0.05) is 38.1 Å². The van der Waals surface area contributed by atoms with Gasteiger partial charge in [-0.3, -0.25) is 9.98 Å². The van der Waals surface area contributed by atoms with Gasteiger partial charge in [0.05, 0.1) is 0 Å². The van der Waals surface area contributed by atoms with Crippen LogP contribution in [-0.4, -0.2) is 17.5 Å². The number of pyridine rings is 1. The Balaban J connectivity index is 2.02. The molecule has 0 radical (unpaired) electrons. The van der Waals surface area contributed by atoms with E-state index in [1.54, 1.807) is 6.20 Å². The van der Waals surface area contributed by atoms with E-state index >= 15 is 0 Å². The minimum atomic E-state index is 0.464. The zero-order chi connectivity index (χ0) is 15.8. The Labute approximate surface area is 132 Å². The van der Waals surface area contributed by atoms with Gasteiger partial charge >= 0.3 is 0 Å². The van der Waals surface area contributed by atoms with Crippen LogP contribution in [0.15, 0.2) is 47.6 Å². The molecule has 4 nitrogen and oxygen atoms in total. The molecule has 0 saturated carbocycles. The van der Waals surface area contributed by atoms with Gasteiger partial charge in [0.25, 0.3) is 0 Å². The Bertz CT molecular complexity index is 598. The van der Waals surface area contributed by atoms with Crippen molar-refractivity contribution in [2.75, 3.05) is 11.9 Å². The van der Waals surface area contributed by atoms with Crippen molar-refractivity contribution >= 4 is 11.6 Å². The number of nitrogens with two attached hydrogens (primary N) is 1. The summed E-state index contributed by atoms with van der Waals surface area (Å²) in [7, 11) is 0. The first-order valence-electron chi connectivity index (χ1n) is 7.82. The molecule has 1 heterocycles. The van der Waals surface area contributed by atoms with E-state index in [2.05, 4.69) is 47.3 Å². The van der Waals surface area contributed by atoms with Crippen molar-refractivity contribution < 1.29 is 0 Å². The Morgan fingerprint density at radius 2 is 1.82 bits per heavy atom. The van der Waals surface area contributed by atoms with Crippen molar-refractivity contribution in [1.82, 2.24) is 4.98 Å². The number of aromatic nitrogens is 1. The van der Waals surface area contributed by atoms with Gasteiger partial charge in [-0.05, 0) is 36.1 Å². The first-order chi connectivity index (χ1) is 10.7. The molecular formula is C18H24N4. The van der Waals surface area contributed by atoms with Crippen molar-refractivity contribution in [3.05, 3.63) is 59.4 Å². The molecule has 2 rings (SSSR count). The summed E-state index contributed by atoms with van der Waals surface area (Å²) in [5.74, 6) is 0.464. The molecule has 0 unspecified atom stereocenters. The average Bonchev–Trinajstić information content (AvgIpc) is 2.56. The second-order valence-electron chi connectivity index (χ2n) is 5.12. The predicted molar refractivity (Wildman–Crippen MR) is 93.3 cm³/mol. The smallest absolute Gasteiger partial charge is 0.193 e. The SMILES string of the molecule is CCc1cccc(CC)c1NC(N)=NCCc1ccccn1. The third-order valence-electron chi connectivity index (χ3n) is 3.63. The normalized spacial score (nSPS) is 11.5. The molecule has 0 saturated heterocycles. The van der Waals surface area contributed by atoms with Crippen LogP contribution in [0.2, 0.25) is 0 Å². The molecular weight excluding hydrogens is 272 g/mol. The van der Waals surface area contributed by atoms with Crippen molar-refractivity contribution in [2.24, 2.45) is 10.7 Å². The fraction of sp³-hybridized carbons (Fsp3) is 0.333. The van der Waals surface area contributed by atoms with Crippen molar-refractivity contribution in [3.63, 3.8) is 0 Å².